The Labute approximate surface area is 185 Å². The minimum absolute atomic E-state index is 0.282. The van der Waals surface area contributed by atoms with Gasteiger partial charge in [-0.15, -0.1) is 0 Å². The van der Waals surface area contributed by atoms with Crippen LogP contribution in [0.15, 0.2) is 71.3 Å². The Balaban J connectivity index is 1.76. The van der Waals surface area contributed by atoms with E-state index in [1.54, 1.807) is 23.2 Å². The third kappa shape index (κ3) is 3.66. The van der Waals surface area contributed by atoms with Crippen LogP contribution in [0.5, 0.6) is 0 Å². The van der Waals surface area contributed by atoms with Gasteiger partial charge >= 0.3 is 0 Å². The third-order valence-corrected chi connectivity index (χ3v) is 5.55. The van der Waals surface area contributed by atoms with E-state index in [-0.39, 0.29) is 11.4 Å². The average molecular weight is 424 g/mol. The zero-order chi connectivity index (χ0) is 22.8. The summed E-state index contributed by atoms with van der Waals surface area (Å²) in [4.78, 5) is 0. The molecule has 6 nitrogen and oxygen atoms in total. The molecule has 3 aromatic rings. The first-order valence-corrected chi connectivity index (χ1v) is 10.1. The highest BCUT2D eigenvalue weighted by Crippen LogP contribution is 2.30. The molecule has 0 saturated carbocycles. The fourth-order valence-corrected chi connectivity index (χ4v) is 3.96. The second kappa shape index (κ2) is 8.50. The van der Waals surface area contributed by atoms with Crippen molar-refractivity contribution in [2.24, 2.45) is 16.8 Å². The van der Waals surface area contributed by atoms with Gasteiger partial charge in [-0.2, -0.15) is 15.6 Å². The first kappa shape index (κ1) is 21.0. The zero-order valence-corrected chi connectivity index (χ0v) is 17.7. The van der Waals surface area contributed by atoms with Crippen LogP contribution in [-0.2, 0) is 0 Å². The number of halogens is 1. The molecule has 0 amide bonds. The lowest BCUT2D eigenvalue weighted by molar-refractivity contribution is 0.624. The molecule has 0 saturated heterocycles. The number of para-hydroxylation sites is 1. The summed E-state index contributed by atoms with van der Waals surface area (Å²) in [5.41, 5.74) is 11.1. The summed E-state index contributed by atoms with van der Waals surface area (Å²) in [5, 5.41) is 25.8. The maximum atomic E-state index is 13.3. The Kier molecular flexibility index (Phi) is 5.59. The fourth-order valence-electron chi connectivity index (χ4n) is 3.96. The van der Waals surface area contributed by atoms with E-state index < -0.39 is 12.1 Å². The number of aromatic nitrogens is 1. The fraction of sp³-hybridized carbons (Fsp3) is 0.160. The van der Waals surface area contributed by atoms with Gasteiger partial charge in [0.05, 0.1) is 23.0 Å². The average Bonchev–Trinajstić information content (AvgIpc) is 3.28. The van der Waals surface area contributed by atoms with Crippen LogP contribution < -0.4 is 10.7 Å². The van der Waals surface area contributed by atoms with E-state index in [2.05, 4.69) is 17.2 Å². The van der Waals surface area contributed by atoms with Gasteiger partial charge in [0, 0.05) is 17.1 Å². The molecule has 1 aromatic heterocycles. The van der Waals surface area contributed by atoms with Crippen molar-refractivity contribution in [1.29, 1.82) is 10.5 Å². The van der Waals surface area contributed by atoms with E-state index >= 15 is 0 Å². The molecule has 0 fully saturated rings. The molecule has 1 aliphatic rings. The van der Waals surface area contributed by atoms with Crippen LogP contribution >= 0.6 is 0 Å². The molecule has 2 atom stereocenters. The van der Waals surface area contributed by atoms with E-state index in [1.807, 2.05) is 54.8 Å². The summed E-state index contributed by atoms with van der Waals surface area (Å²) < 4.78 is 15.3. The second-order valence-electron chi connectivity index (χ2n) is 7.57. The van der Waals surface area contributed by atoms with Crippen LogP contribution in [0.3, 0.4) is 0 Å². The highest BCUT2D eigenvalue weighted by molar-refractivity contribution is 6.11. The lowest BCUT2D eigenvalue weighted by atomic mass is 9.95. The Morgan fingerprint density at radius 1 is 1.06 bits per heavy atom. The Morgan fingerprint density at radius 3 is 2.38 bits per heavy atom. The molecule has 2 aromatic carbocycles. The van der Waals surface area contributed by atoms with E-state index in [1.165, 1.54) is 12.1 Å². The number of hydrogen-bond acceptors (Lipinski definition) is 5. The largest absolute Gasteiger partial charge is 0.318 e. The van der Waals surface area contributed by atoms with Crippen molar-refractivity contribution < 1.29 is 4.39 Å². The minimum Gasteiger partial charge on any atom is -0.318 e. The molecule has 2 N–H and O–H groups in total. The first-order chi connectivity index (χ1) is 15.4. The van der Waals surface area contributed by atoms with E-state index in [0.717, 1.165) is 28.3 Å². The van der Waals surface area contributed by atoms with Crippen LogP contribution in [0.25, 0.3) is 11.8 Å². The summed E-state index contributed by atoms with van der Waals surface area (Å²) in [6.07, 6.45) is 1.04. The summed E-state index contributed by atoms with van der Waals surface area (Å²) in [6.45, 7) is 3.87. The zero-order valence-electron chi connectivity index (χ0n) is 17.7. The number of rotatable bonds is 4. The third-order valence-electron chi connectivity index (χ3n) is 5.55. The predicted octanol–water partition coefficient (Wildman–Crippen LogP) is 4.44. The number of benzene rings is 2. The van der Waals surface area contributed by atoms with E-state index in [9.17, 15) is 14.9 Å². The van der Waals surface area contributed by atoms with Crippen molar-refractivity contribution in [3.8, 4) is 17.8 Å². The van der Waals surface area contributed by atoms with Gasteiger partial charge in [0.15, 0.2) is 0 Å². The van der Waals surface area contributed by atoms with Crippen LogP contribution in [0.4, 0.5) is 10.1 Å². The molecule has 32 heavy (non-hydrogen) atoms. The number of hydrogen-bond donors (Lipinski definition) is 1. The topological polar surface area (TPSA) is 94.1 Å². The quantitative estimate of drug-likeness (QED) is 0.627. The van der Waals surface area contributed by atoms with Crippen molar-refractivity contribution in [3.63, 3.8) is 0 Å². The van der Waals surface area contributed by atoms with Crippen LogP contribution in [0.2, 0.25) is 0 Å². The summed E-state index contributed by atoms with van der Waals surface area (Å²) in [7, 11) is 0. The standard InChI is InChI=1S/C25H21FN6/c1-16-12-18(17(2)31(16)21-10-8-20(26)9-11-21)13-19(14-27)24-23(15-28)25(29)32(30-24)22-6-4-3-5-7-22/h3-13,23,25H,29H2,1-2H3/b19-13-/t23-,25-/m0/s1. The summed E-state index contributed by atoms with van der Waals surface area (Å²) in [5.74, 6) is -1.05. The van der Waals surface area contributed by atoms with Crippen molar-refractivity contribution >= 4 is 17.5 Å². The van der Waals surface area contributed by atoms with Crippen molar-refractivity contribution in [2.45, 2.75) is 20.0 Å². The van der Waals surface area contributed by atoms with Gasteiger partial charge in [0.2, 0.25) is 0 Å². The number of allylic oxidation sites excluding steroid dienone is 1. The number of anilines is 1. The molecular weight excluding hydrogens is 403 g/mol. The monoisotopic (exact) mass is 424 g/mol. The minimum atomic E-state index is -0.748. The molecule has 7 heteroatoms. The molecular formula is C25H21FN6. The number of aryl methyl sites for hydroxylation is 1. The van der Waals surface area contributed by atoms with Gasteiger partial charge < -0.3 is 10.3 Å². The summed E-state index contributed by atoms with van der Waals surface area (Å²) >= 11 is 0. The van der Waals surface area contributed by atoms with Gasteiger partial charge in [0.1, 0.15) is 24.0 Å². The first-order valence-electron chi connectivity index (χ1n) is 10.1. The maximum absolute atomic E-state index is 13.3. The molecule has 0 bridgehead atoms. The summed E-state index contributed by atoms with van der Waals surface area (Å²) in [6, 6.07) is 21.9. The second-order valence-corrected chi connectivity index (χ2v) is 7.57. The Hall–Kier alpha value is -4.20. The van der Waals surface area contributed by atoms with Gasteiger partial charge in [-0.3, -0.25) is 0 Å². The highest BCUT2D eigenvalue weighted by Gasteiger charge is 2.37. The van der Waals surface area contributed by atoms with Gasteiger partial charge in [-0.25, -0.2) is 9.40 Å². The molecule has 1 aliphatic heterocycles. The van der Waals surface area contributed by atoms with Crippen LogP contribution in [-0.4, -0.2) is 16.4 Å². The number of hydrazone groups is 1. The molecule has 4 rings (SSSR count). The van der Waals surface area contributed by atoms with Gasteiger partial charge in [0.25, 0.3) is 0 Å². The van der Waals surface area contributed by atoms with Crippen molar-refractivity contribution in [3.05, 3.63) is 89.0 Å². The lowest BCUT2D eigenvalue weighted by Crippen LogP contribution is -2.40. The normalized spacial score (nSPS) is 18.2. The molecule has 0 unspecified atom stereocenters. The van der Waals surface area contributed by atoms with E-state index in [4.69, 9.17) is 5.73 Å². The molecule has 158 valence electrons. The van der Waals surface area contributed by atoms with E-state index in [0.29, 0.717) is 5.71 Å². The van der Waals surface area contributed by atoms with Gasteiger partial charge in [-0.05, 0) is 68.0 Å². The van der Waals surface area contributed by atoms with Gasteiger partial charge in [-0.1, -0.05) is 18.2 Å². The van der Waals surface area contributed by atoms with Crippen LogP contribution in [0.1, 0.15) is 17.0 Å². The van der Waals surface area contributed by atoms with Crippen molar-refractivity contribution in [2.75, 3.05) is 5.01 Å². The maximum Gasteiger partial charge on any atom is 0.127 e. The molecule has 2 heterocycles. The molecule has 0 radical (unpaired) electrons. The number of nitrogens with two attached hydrogens (primary N) is 1. The van der Waals surface area contributed by atoms with Crippen molar-refractivity contribution in [1.82, 2.24) is 4.57 Å². The molecule has 0 spiro atoms. The predicted molar refractivity (Wildman–Crippen MR) is 122 cm³/mol. The Bertz CT molecular complexity index is 1290. The number of nitrogens with zero attached hydrogens (tertiary/aromatic N) is 5. The number of nitriles is 2. The lowest BCUT2D eigenvalue weighted by Gasteiger charge is -2.21. The Morgan fingerprint density at radius 2 is 1.75 bits per heavy atom. The SMILES string of the molecule is Cc1cc(/C=C(/C#N)C2=NN(c3ccccc3)[C@H](N)[C@H]2C#N)c(C)n1-c1ccc(F)cc1. The van der Waals surface area contributed by atoms with Crippen LogP contribution in [0, 0.1) is 48.2 Å². The molecule has 0 aliphatic carbocycles. The smallest absolute Gasteiger partial charge is 0.127 e. The highest BCUT2D eigenvalue weighted by atomic mass is 19.1.